The fraction of sp³-hybridized carbons (Fsp3) is 0.222. The average Bonchev–Trinajstić information content (AvgIpc) is 2.43. The van der Waals surface area contributed by atoms with Crippen molar-refractivity contribution in [3.8, 4) is 5.69 Å². The number of aryl methyl sites for hydroxylation is 4. The second-order valence-electron chi connectivity index (χ2n) is 5.68. The molecule has 1 heterocycles. The summed E-state index contributed by atoms with van der Waals surface area (Å²) in [5, 5.41) is 0.311. The zero-order valence-electron chi connectivity index (χ0n) is 13.1. The second kappa shape index (κ2) is 5.05. The zero-order chi connectivity index (χ0) is 16.0. The Labute approximate surface area is 128 Å². The van der Waals surface area contributed by atoms with Crippen LogP contribution >= 0.6 is 0 Å². The molecule has 0 radical (unpaired) electrons. The van der Waals surface area contributed by atoms with E-state index in [1.807, 2.05) is 32.0 Å². The molecule has 0 spiro atoms. The fourth-order valence-corrected chi connectivity index (χ4v) is 2.91. The summed E-state index contributed by atoms with van der Waals surface area (Å²) in [6.45, 7) is 7.40. The first kappa shape index (κ1) is 14.4. The van der Waals surface area contributed by atoms with Gasteiger partial charge in [0.15, 0.2) is 0 Å². The molecular weight excluding hydrogens is 279 g/mol. The molecule has 112 valence electrons. The molecule has 0 atom stereocenters. The van der Waals surface area contributed by atoms with Gasteiger partial charge in [0.25, 0.3) is 5.56 Å². The topological polar surface area (TPSA) is 34.9 Å². The highest BCUT2D eigenvalue weighted by molar-refractivity contribution is 5.79. The molecule has 2 aromatic carbocycles. The lowest BCUT2D eigenvalue weighted by molar-refractivity contribution is 0.634. The van der Waals surface area contributed by atoms with Gasteiger partial charge in [0.2, 0.25) is 0 Å². The number of nitrogens with zero attached hydrogens (tertiary/aromatic N) is 2. The van der Waals surface area contributed by atoms with Crippen LogP contribution in [-0.4, -0.2) is 9.55 Å². The quantitative estimate of drug-likeness (QED) is 0.685. The minimum atomic E-state index is -0.455. The second-order valence-corrected chi connectivity index (χ2v) is 5.68. The van der Waals surface area contributed by atoms with Gasteiger partial charge >= 0.3 is 0 Å². The lowest BCUT2D eigenvalue weighted by atomic mass is 10.1. The van der Waals surface area contributed by atoms with Crippen LogP contribution in [0.3, 0.4) is 0 Å². The Morgan fingerprint density at radius 2 is 1.68 bits per heavy atom. The van der Waals surface area contributed by atoms with Crippen molar-refractivity contribution >= 4 is 10.9 Å². The summed E-state index contributed by atoms with van der Waals surface area (Å²) in [7, 11) is 0. The molecule has 0 unspecified atom stereocenters. The third-order valence-electron chi connectivity index (χ3n) is 3.90. The summed E-state index contributed by atoms with van der Waals surface area (Å²) in [5.74, 6) is 0.0292. The molecule has 3 nitrogen and oxygen atoms in total. The van der Waals surface area contributed by atoms with Gasteiger partial charge in [-0.1, -0.05) is 18.2 Å². The first-order valence-corrected chi connectivity index (χ1v) is 7.16. The number of fused-ring (bicyclic) bond motifs is 1. The van der Waals surface area contributed by atoms with Crippen LogP contribution in [0.1, 0.15) is 22.5 Å². The zero-order valence-corrected chi connectivity index (χ0v) is 13.1. The van der Waals surface area contributed by atoms with Crippen molar-refractivity contribution in [2.24, 2.45) is 0 Å². The maximum absolute atomic E-state index is 14.1. The van der Waals surface area contributed by atoms with E-state index >= 15 is 0 Å². The van der Waals surface area contributed by atoms with Crippen LogP contribution in [0.15, 0.2) is 35.1 Å². The van der Waals surface area contributed by atoms with Crippen molar-refractivity contribution in [2.75, 3.05) is 0 Å². The van der Waals surface area contributed by atoms with Gasteiger partial charge in [0.1, 0.15) is 17.2 Å². The van der Waals surface area contributed by atoms with Crippen LogP contribution in [0.2, 0.25) is 0 Å². The van der Waals surface area contributed by atoms with E-state index in [4.69, 9.17) is 0 Å². The van der Waals surface area contributed by atoms with Crippen LogP contribution in [0.4, 0.5) is 4.39 Å². The minimum Gasteiger partial charge on any atom is -0.268 e. The predicted octanol–water partition coefficient (Wildman–Crippen LogP) is 3.76. The van der Waals surface area contributed by atoms with Crippen molar-refractivity contribution in [3.05, 3.63) is 69.0 Å². The molecule has 0 aliphatic heterocycles. The molecule has 0 fully saturated rings. The lowest BCUT2D eigenvalue weighted by Gasteiger charge is -2.16. The predicted molar refractivity (Wildman–Crippen MR) is 86.2 cm³/mol. The van der Waals surface area contributed by atoms with Crippen molar-refractivity contribution < 1.29 is 4.39 Å². The van der Waals surface area contributed by atoms with Gasteiger partial charge in [-0.2, -0.15) is 0 Å². The Hall–Kier alpha value is -2.49. The molecule has 0 aliphatic carbocycles. The van der Waals surface area contributed by atoms with Gasteiger partial charge in [-0.05, 0) is 56.5 Å². The molecule has 4 heteroatoms. The van der Waals surface area contributed by atoms with Crippen molar-refractivity contribution in [1.29, 1.82) is 0 Å². The molecule has 1 aromatic heterocycles. The van der Waals surface area contributed by atoms with E-state index in [0.29, 0.717) is 16.8 Å². The van der Waals surface area contributed by atoms with E-state index in [1.165, 1.54) is 6.07 Å². The summed E-state index contributed by atoms with van der Waals surface area (Å²) in [6, 6.07) is 8.95. The molecule has 0 aliphatic rings. The van der Waals surface area contributed by atoms with Gasteiger partial charge in [0, 0.05) is 0 Å². The molecule has 3 rings (SSSR count). The van der Waals surface area contributed by atoms with Crippen molar-refractivity contribution in [3.63, 3.8) is 0 Å². The van der Waals surface area contributed by atoms with E-state index in [2.05, 4.69) is 4.98 Å². The average molecular weight is 296 g/mol. The SMILES string of the molecule is Cc1cc(F)c2nc(C)n(-c3c(C)cccc3C)c(=O)c2c1. The molecule has 0 saturated carbocycles. The highest BCUT2D eigenvalue weighted by Gasteiger charge is 2.15. The molecule has 0 saturated heterocycles. The van der Waals surface area contributed by atoms with E-state index < -0.39 is 5.82 Å². The number of rotatable bonds is 1. The van der Waals surface area contributed by atoms with Gasteiger partial charge in [-0.25, -0.2) is 9.37 Å². The summed E-state index contributed by atoms with van der Waals surface area (Å²) in [4.78, 5) is 17.2. The Bertz CT molecular complexity index is 937. The smallest absolute Gasteiger partial charge is 0.266 e. The normalized spacial score (nSPS) is 11.1. The highest BCUT2D eigenvalue weighted by Crippen LogP contribution is 2.21. The number of aromatic nitrogens is 2. The number of benzene rings is 2. The van der Waals surface area contributed by atoms with Crippen molar-refractivity contribution in [1.82, 2.24) is 9.55 Å². The van der Waals surface area contributed by atoms with Crippen LogP contribution in [0.5, 0.6) is 0 Å². The standard InChI is InChI=1S/C18H17FN2O/c1-10-8-14-16(15(19)9-10)20-13(4)21(18(14)22)17-11(2)6-5-7-12(17)3/h5-9H,1-4H3. The van der Waals surface area contributed by atoms with Gasteiger partial charge in [0.05, 0.1) is 11.1 Å². The number of hydrogen-bond acceptors (Lipinski definition) is 2. The maximum atomic E-state index is 14.1. The van der Waals surface area contributed by atoms with Gasteiger partial charge in [-0.15, -0.1) is 0 Å². The van der Waals surface area contributed by atoms with E-state index in [0.717, 1.165) is 16.8 Å². The summed E-state index contributed by atoms with van der Waals surface area (Å²) >= 11 is 0. The van der Waals surface area contributed by atoms with E-state index in [1.54, 1.807) is 24.5 Å². The first-order valence-electron chi connectivity index (χ1n) is 7.16. The third kappa shape index (κ3) is 2.11. The Morgan fingerprint density at radius 3 is 2.32 bits per heavy atom. The monoisotopic (exact) mass is 296 g/mol. The highest BCUT2D eigenvalue weighted by atomic mass is 19.1. The van der Waals surface area contributed by atoms with E-state index in [-0.39, 0.29) is 11.1 Å². The Kier molecular flexibility index (Phi) is 3.32. The summed E-state index contributed by atoms with van der Waals surface area (Å²) < 4.78 is 15.7. The van der Waals surface area contributed by atoms with Crippen LogP contribution in [0, 0.1) is 33.5 Å². The third-order valence-corrected chi connectivity index (χ3v) is 3.90. The van der Waals surface area contributed by atoms with Gasteiger partial charge < -0.3 is 0 Å². The number of hydrogen-bond donors (Lipinski definition) is 0. The van der Waals surface area contributed by atoms with Crippen LogP contribution in [0.25, 0.3) is 16.6 Å². The van der Waals surface area contributed by atoms with Gasteiger partial charge in [-0.3, -0.25) is 9.36 Å². The van der Waals surface area contributed by atoms with E-state index in [9.17, 15) is 9.18 Å². The first-order chi connectivity index (χ1) is 10.4. The molecular formula is C18H17FN2O. The Balaban J connectivity index is 2.49. The van der Waals surface area contributed by atoms with Crippen molar-refractivity contribution in [2.45, 2.75) is 27.7 Å². The Morgan fingerprint density at radius 1 is 1.05 bits per heavy atom. The fourth-order valence-electron chi connectivity index (χ4n) is 2.91. The molecule has 0 bridgehead atoms. The minimum absolute atomic E-state index is 0.135. The van der Waals surface area contributed by atoms with Crippen LogP contribution in [-0.2, 0) is 0 Å². The maximum Gasteiger partial charge on any atom is 0.266 e. The number of halogens is 1. The summed E-state index contributed by atoms with van der Waals surface area (Å²) in [6.07, 6.45) is 0. The largest absolute Gasteiger partial charge is 0.268 e. The molecule has 0 N–H and O–H groups in total. The summed E-state index contributed by atoms with van der Waals surface area (Å²) in [5.41, 5.74) is 3.40. The lowest BCUT2D eigenvalue weighted by Crippen LogP contribution is -2.24. The molecule has 22 heavy (non-hydrogen) atoms. The van der Waals surface area contributed by atoms with Crippen LogP contribution < -0.4 is 5.56 Å². The number of para-hydroxylation sites is 1. The molecule has 0 amide bonds. The molecule has 3 aromatic rings.